The van der Waals surface area contributed by atoms with Crippen LogP contribution in [-0.4, -0.2) is 36.7 Å². The summed E-state index contributed by atoms with van der Waals surface area (Å²) in [4.78, 5) is 20.4. The van der Waals surface area contributed by atoms with Crippen LogP contribution >= 0.6 is 0 Å². The summed E-state index contributed by atoms with van der Waals surface area (Å²) in [7, 11) is -3.52. The Morgan fingerprint density at radius 2 is 1.97 bits per heavy atom. The van der Waals surface area contributed by atoms with Gasteiger partial charge in [0.1, 0.15) is 10.7 Å². The number of hydrogen-bond donors (Lipinski definition) is 2. The number of fused-ring (bicyclic) bond motifs is 1. The van der Waals surface area contributed by atoms with Crippen LogP contribution in [0.25, 0.3) is 11.1 Å². The molecule has 1 unspecified atom stereocenters. The summed E-state index contributed by atoms with van der Waals surface area (Å²) in [5.41, 5.74) is 15.0. The number of aromatic nitrogens is 2. The Kier molecular flexibility index (Phi) is 4.82. The molecule has 2 aromatic rings. The molecule has 0 saturated heterocycles. The summed E-state index contributed by atoms with van der Waals surface area (Å²) in [5.74, 6) is 0.472. The third-order valence-corrected chi connectivity index (χ3v) is 8.25. The van der Waals surface area contributed by atoms with Crippen LogP contribution < -0.4 is 16.4 Å². The van der Waals surface area contributed by atoms with E-state index in [9.17, 15) is 13.2 Å². The molecule has 29 heavy (non-hydrogen) atoms. The van der Waals surface area contributed by atoms with Crippen molar-refractivity contribution in [3.05, 3.63) is 41.9 Å². The van der Waals surface area contributed by atoms with E-state index in [0.29, 0.717) is 17.9 Å². The zero-order chi connectivity index (χ0) is 20.8. The van der Waals surface area contributed by atoms with Crippen LogP contribution in [-0.2, 0) is 21.1 Å². The number of nitrogens with zero attached hydrogens (tertiary/aromatic N) is 3. The summed E-state index contributed by atoms with van der Waals surface area (Å²) in [5, 5.41) is 0. The van der Waals surface area contributed by atoms with Crippen molar-refractivity contribution in [1.29, 1.82) is 0 Å². The number of amides is 2. The van der Waals surface area contributed by atoms with Crippen molar-refractivity contribution in [3.8, 4) is 11.1 Å². The normalized spacial score (nSPS) is 18.8. The quantitative estimate of drug-likeness (QED) is 0.767. The molecule has 9 heteroatoms. The molecule has 0 aromatic carbocycles. The predicted octanol–water partition coefficient (Wildman–Crippen LogP) is 1.93. The van der Waals surface area contributed by atoms with Gasteiger partial charge >= 0.3 is 6.03 Å². The molecule has 1 aliphatic carbocycles. The molecular formula is C20H25N5O3S. The summed E-state index contributed by atoms with van der Waals surface area (Å²) < 4.78 is 25.7. The lowest BCUT2D eigenvalue weighted by Crippen LogP contribution is -2.47. The molecule has 3 heterocycles. The van der Waals surface area contributed by atoms with Crippen LogP contribution in [0.5, 0.6) is 0 Å². The highest BCUT2D eigenvalue weighted by Crippen LogP contribution is 2.48. The van der Waals surface area contributed by atoms with Crippen LogP contribution in [0, 0.1) is 5.92 Å². The fourth-order valence-electron chi connectivity index (χ4n) is 4.07. The number of pyridine rings is 2. The van der Waals surface area contributed by atoms with Gasteiger partial charge in [0.05, 0.1) is 0 Å². The van der Waals surface area contributed by atoms with Crippen molar-refractivity contribution in [3.63, 3.8) is 0 Å². The summed E-state index contributed by atoms with van der Waals surface area (Å²) >= 11 is 0. The van der Waals surface area contributed by atoms with E-state index in [2.05, 4.69) is 9.97 Å². The highest BCUT2D eigenvalue weighted by molar-refractivity contribution is 7.92. The average Bonchev–Trinajstić information content (AvgIpc) is 3.57. The molecule has 4 N–H and O–H groups in total. The Hall–Kier alpha value is -2.52. The number of rotatable bonds is 5. The number of primary amides is 1. The Bertz CT molecular complexity index is 1070. The SMILES string of the molecule is CCS(=O)(=O)C(N)(c1cncc(-c2cnc3c(c2)CCCN3C(N)=O)c1)C1CC1. The van der Waals surface area contributed by atoms with Gasteiger partial charge < -0.3 is 11.5 Å². The molecule has 2 aromatic heterocycles. The van der Waals surface area contributed by atoms with Crippen LogP contribution in [0.2, 0.25) is 0 Å². The minimum atomic E-state index is -3.52. The lowest BCUT2D eigenvalue weighted by molar-refractivity contribution is 0.253. The number of carbonyl (C=O) groups is 1. The molecule has 1 atom stereocenters. The second-order valence-electron chi connectivity index (χ2n) is 7.73. The van der Waals surface area contributed by atoms with Gasteiger partial charge in [0.25, 0.3) is 0 Å². The van der Waals surface area contributed by atoms with Crippen molar-refractivity contribution in [2.24, 2.45) is 17.4 Å². The van der Waals surface area contributed by atoms with E-state index in [1.165, 1.54) is 4.90 Å². The van der Waals surface area contributed by atoms with Gasteiger partial charge in [-0.2, -0.15) is 0 Å². The Balaban J connectivity index is 1.76. The number of anilines is 1. The van der Waals surface area contributed by atoms with E-state index in [0.717, 1.165) is 42.4 Å². The second kappa shape index (κ2) is 7.07. The summed E-state index contributed by atoms with van der Waals surface area (Å²) in [6, 6.07) is 3.25. The largest absolute Gasteiger partial charge is 0.351 e. The van der Waals surface area contributed by atoms with Gasteiger partial charge in [-0.15, -0.1) is 0 Å². The molecule has 0 bridgehead atoms. The minimum absolute atomic E-state index is 0.0203. The Morgan fingerprint density at radius 3 is 2.62 bits per heavy atom. The van der Waals surface area contributed by atoms with Gasteiger partial charge in [-0.3, -0.25) is 9.88 Å². The first kappa shape index (κ1) is 19.8. The van der Waals surface area contributed by atoms with E-state index < -0.39 is 20.7 Å². The highest BCUT2D eigenvalue weighted by Gasteiger charge is 2.52. The number of carbonyl (C=O) groups excluding carboxylic acids is 1. The van der Waals surface area contributed by atoms with Crippen LogP contribution in [0.4, 0.5) is 10.6 Å². The minimum Gasteiger partial charge on any atom is -0.351 e. The van der Waals surface area contributed by atoms with Crippen molar-refractivity contribution in [1.82, 2.24) is 9.97 Å². The summed E-state index contributed by atoms with van der Waals surface area (Å²) in [6.07, 6.45) is 8.07. The predicted molar refractivity (Wildman–Crippen MR) is 111 cm³/mol. The first-order chi connectivity index (χ1) is 13.8. The number of aryl methyl sites for hydroxylation is 1. The molecule has 4 rings (SSSR count). The van der Waals surface area contributed by atoms with Gasteiger partial charge in [-0.05, 0) is 49.3 Å². The lowest BCUT2D eigenvalue weighted by atomic mass is 9.98. The highest BCUT2D eigenvalue weighted by atomic mass is 32.2. The molecule has 154 valence electrons. The third-order valence-electron chi connectivity index (χ3n) is 5.89. The molecule has 2 amide bonds. The molecule has 2 aliphatic rings. The standard InChI is InChI=1S/C20H25N5O3S/c1-2-29(27,28)20(22,16-5-6-16)17-9-15(10-23-12-17)14-8-13-4-3-7-25(19(21)26)18(13)24-11-14/h8-12,16H,2-7,22H2,1H3,(H2,21,26). The van der Waals surface area contributed by atoms with E-state index in [1.807, 2.05) is 6.07 Å². The van der Waals surface area contributed by atoms with Gasteiger partial charge in [-0.25, -0.2) is 18.2 Å². The zero-order valence-electron chi connectivity index (χ0n) is 16.3. The average molecular weight is 416 g/mol. The van der Waals surface area contributed by atoms with Crippen molar-refractivity contribution in [2.45, 2.75) is 37.5 Å². The van der Waals surface area contributed by atoms with Crippen LogP contribution in [0.3, 0.4) is 0 Å². The number of nitrogens with two attached hydrogens (primary N) is 2. The van der Waals surface area contributed by atoms with E-state index in [-0.39, 0.29) is 11.7 Å². The van der Waals surface area contributed by atoms with Gasteiger partial charge in [0.2, 0.25) is 0 Å². The third kappa shape index (κ3) is 3.28. The topological polar surface area (TPSA) is 132 Å². The fraction of sp³-hybridized carbons (Fsp3) is 0.450. The molecule has 1 fully saturated rings. The van der Waals surface area contributed by atoms with Crippen LogP contribution in [0.1, 0.15) is 37.3 Å². The van der Waals surface area contributed by atoms with Crippen molar-refractivity contribution in [2.75, 3.05) is 17.2 Å². The van der Waals surface area contributed by atoms with E-state index in [1.54, 1.807) is 31.6 Å². The van der Waals surface area contributed by atoms with Gasteiger partial charge in [-0.1, -0.05) is 6.92 Å². The maximum Gasteiger partial charge on any atom is 0.320 e. The molecule has 1 saturated carbocycles. The monoisotopic (exact) mass is 415 g/mol. The maximum atomic E-state index is 12.8. The number of sulfone groups is 1. The zero-order valence-corrected chi connectivity index (χ0v) is 17.2. The van der Waals surface area contributed by atoms with E-state index >= 15 is 0 Å². The van der Waals surface area contributed by atoms with Gasteiger partial charge in [0.15, 0.2) is 9.84 Å². The molecular weight excluding hydrogens is 390 g/mol. The maximum absolute atomic E-state index is 12.8. The molecule has 0 radical (unpaired) electrons. The Labute approximate surface area is 170 Å². The number of hydrogen-bond acceptors (Lipinski definition) is 6. The molecule has 0 spiro atoms. The molecule has 1 aliphatic heterocycles. The summed E-state index contributed by atoms with van der Waals surface area (Å²) in [6.45, 7) is 2.17. The van der Waals surface area contributed by atoms with Crippen molar-refractivity contribution >= 4 is 21.7 Å². The van der Waals surface area contributed by atoms with Crippen LogP contribution in [0.15, 0.2) is 30.7 Å². The van der Waals surface area contributed by atoms with Crippen molar-refractivity contribution < 1.29 is 13.2 Å². The first-order valence-electron chi connectivity index (χ1n) is 9.81. The Morgan fingerprint density at radius 1 is 1.24 bits per heavy atom. The van der Waals surface area contributed by atoms with E-state index in [4.69, 9.17) is 11.5 Å². The fourth-order valence-corrected chi connectivity index (χ4v) is 5.76. The second-order valence-corrected chi connectivity index (χ2v) is 10.2. The van der Waals surface area contributed by atoms with Gasteiger partial charge in [0, 0.05) is 47.6 Å². The first-order valence-corrected chi connectivity index (χ1v) is 11.5. The molecule has 8 nitrogen and oxygen atoms in total. The number of urea groups is 1. The lowest BCUT2D eigenvalue weighted by Gasteiger charge is -2.29. The smallest absolute Gasteiger partial charge is 0.320 e.